The average molecular weight is 327 g/mol. The van der Waals surface area contributed by atoms with Gasteiger partial charge in [-0.25, -0.2) is 0 Å². The molecular weight excluding hydrogens is 292 g/mol. The Balaban J connectivity index is 1.84. The Morgan fingerprint density at radius 3 is 2.46 bits per heavy atom. The highest BCUT2D eigenvalue weighted by Crippen LogP contribution is 2.68. The molecule has 4 atom stereocenters. The van der Waals surface area contributed by atoms with Crippen LogP contribution in [0.4, 0.5) is 0 Å². The molecule has 1 aromatic carbocycles. The minimum atomic E-state index is 0.299. The minimum absolute atomic E-state index is 0.299. The van der Waals surface area contributed by atoms with E-state index in [1.165, 1.54) is 44.1 Å². The summed E-state index contributed by atoms with van der Waals surface area (Å²) < 4.78 is 5.86. The van der Waals surface area contributed by atoms with Crippen LogP contribution < -0.4 is 4.74 Å². The number of hydrogen-bond acceptors (Lipinski definition) is 1. The zero-order valence-corrected chi connectivity index (χ0v) is 16.5. The van der Waals surface area contributed by atoms with E-state index in [4.69, 9.17) is 4.74 Å². The lowest BCUT2D eigenvalue weighted by Crippen LogP contribution is -2.55. The van der Waals surface area contributed by atoms with Crippen LogP contribution in [0.2, 0.25) is 0 Å². The Kier molecular flexibility index (Phi) is 3.45. The van der Waals surface area contributed by atoms with E-state index in [-0.39, 0.29) is 0 Å². The van der Waals surface area contributed by atoms with Gasteiger partial charge in [-0.3, -0.25) is 0 Å². The number of fused-ring (bicyclic) bond motifs is 5. The van der Waals surface area contributed by atoms with E-state index in [0.29, 0.717) is 16.2 Å². The Morgan fingerprint density at radius 2 is 1.75 bits per heavy atom. The van der Waals surface area contributed by atoms with Gasteiger partial charge >= 0.3 is 0 Å². The van der Waals surface area contributed by atoms with Crippen molar-refractivity contribution in [2.45, 2.75) is 78.6 Å². The molecule has 4 rings (SSSR count). The Hall–Kier alpha value is -0.980. The molecule has 0 heterocycles. The molecule has 3 aliphatic rings. The van der Waals surface area contributed by atoms with Gasteiger partial charge in [0.25, 0.3) is 0 Å². The third kappa shape index (κ3) is 1.99. The highest BCUT2D eigenvalue weighted by atomic mass is 16.5. The largest absolute Gasteiger partial charge is 0.496 e. The Bertz CT molecular complexity index is 673. The second-order valence-corrected chi connectivity index (χ2v) is 10.1. The second kappa shape index (κ2) is 5.02. The molecule has 3 aliphatic carbocycles. The molecule has 0 radical (unpaired) electrons. The Labute approximate surface area is 148 Å². The summed E-state index contributed by atoms with van der Waals surface area (Å²) in [6.45, 7) is 12.5. The number of aryl methyl sites for hydroxylation is 1. The first kappa shape index (κ1) is 16.5. The molecule has 0 saturated heterocycles. The van der Waals surface area contributed by atoms with E-state index in [1.807, 2.05) is 7.11 Å². The fourth-order valence-corrected chi connectivity index (χ4v) is 7.42. The van der Waals surface area contributed by atoms with E-state index in [9.17, 15) is 0 Å². The fraction of sp³-hybridized carbons (Fsp3) is 0.739. The van der Waals surface area contributed by atoms with Gasteiger partial charge in [-0.1, -0.05) is 40.2 Å². The molecule has 0 amide bonds. The standard InChI is InChI=1S/C23H34O/c1-15-12-16-14-19-22(4)10-7-9-21(2,3)18(22)8-11-23(19,5)20(16)17(13-15)24-6/h12-13,18-19H,7-11,14H2,1-6H3/t18-,19-,22-,23+/m0/s1. The normalized spacial score (nSPS) is 39.8. The third-order valence-corrected chi connectivity index (χ3v) is 8.34. The first-order valence-electron chi connectivity index (χ1n) is 9.90. The number of rotatable bonds is 1. The number of benzene rings is 1. The molecule has 0 bridgehead atoms. The highest BCUT2D eigenvalue weighted by molar-refractivity contribution is 5.53. The third-order valence-electron chi connectivity index (χ3n) is 8.34. The van der Waals surface area contributed by atoms with Crippen LogP contribution in [-0.2, 0) is 11.8 Å². The van der Waals surface area contributed by atoms with Crippen molar-refractivity contribution in [1.82, 2.24) is 0 Å². The van der Waals surface area contributed by atoms with Crippen LogP contribution in [0.5, 0.6) is 5.75 Å². The van der Waals surface area contributed by atoms with E-state index in [1.54, 1.807) is 11.1 Å². The van der Waals surface area contributed by atoms with Crippen molar-refractivity contribution in [3.05, 3.63) is 28.8 Å². The molecule has 132 valence electrons. The molecular formula is C23H34O. The lowest BCUT2D eigenvalue weighted by Gasteiger charge is -2.61. The lowest BCUT2D eigenvalue weighted by molar-refractivity contribution is -0.0984. The summed E-state index contributed by atoms with van der Waals surface area (Å²) in [7, 11) is 1.85. The molecule has 0 aliphatic heterocycles. The summed E-state index contributed by atoms with van der Waals surface area (Å²) in [4.78, 5) is 0. The molecule has 0 unspecified atom stereocenters. The van der Waals surface area contributed by atoms with E-state index in [0.717, 1.165) is 17.6 Å². The minimum Gasteiger partial charge on any atom is -0.496 e. The van der Waals surface area contributed by atoms with Gasteiger partial charge < -0.3 is 4.74 Å². The van der Waals surface area contributed by atoms with Crippen molar-refractivity contribution in [3.8, 4) is 5.75 Å². The van der Waals surface area contributed by atoms with Crippen molar-refractivity contribution in [2.75, 3.05) is 7.11 Å². The summed E-state index contributed by atoms with van der Waals surface area (Å²) >= 11 is 0. The summed E-state index contributed by atoms with van der Waals surface area (Å²) in [6, 6.07) is 4.69. The van der Waals surface area contributed by atoms with Gasteiger partial charge in [0.2, 0.25) is 0 Å². The van der Waals surface area contributed by atoms with Crippen LogP contribution in [-0.4, -0.2) is 7.11 Å². The predicted molar refractivity (Wildman–Crippen MR) is 101 cm³/mol. The van der Waals surface area contributed by atoms with E-state index >= 15 is 0 Å². The second-order valence-electron chi connectivity index (χ2n) is 10.1. The van der Waals surface area contributed by atoms with Crippen LogP contribution in [0.15, 0.2) is 12.1 Å². The smallest absolute Gasteiger partial charge is 0.123 e. The van der Waals surface area contributed by atoms with Gasteiger partial charge in [-0.15, -0.1) is 0 Å². The van der Waals surface area contributed by atoms with Gasteiger partial charge in [0.15, 0.2) is 0 Å². The molecule has 1 aromatic rings. The SMILES string of the molecule is COc1cc(C)cc2c1[C@]1(C)CC[C@H]3C(C)(C)CCC[C@]3(C)[C@@H]1C2. The van der Waals surface area contributed by atoms with Crippen LogP contribution in [0.25, 0.3) is 0 Å². The van der Waals surface area contributed by atoms with Crippen LogP contribution in [0.1, 0.15) is 76.5 Å². The van der Waals surface area contributed by atoms with Crippen molar-refractivity contribution in [1.29, 1.82) is 0 Å². The van der Waals surface area contributed by atoms with Crippen molar-refractivity contribution >= 4 is 0 Å². The highest BCUT2D eigenvalue weighted by Gasteiger charge is 2.61. The first-order chi connectivity index (χ1) is 11.2. The number of methoxy groups -OCH3 is 1. The molecule has 1 heteroatoms. The zero-order valence-electron chi connectivity index (χ0n) is 16.5. The number of ether oxygens (including phenoxy) is 1. The zero-order chi connectivity index (χ0) is 17.3. The van der Waals surface area contributed by atoms with Crippen LogP contribution >= 0.6 is 0 Å². The predicted octanol–water partition coefficient (Wildman–Crippen LogP) is 6.06. The summed E-state index contributed by atoms with van der Waals surface area (Å²) in [5.41, 5.74) is 5.75. The maximum atomic E-state index is 5.86. The lowest BCUT2D eigenvalue weighted by atomic mass is 9.43. The molecule has 24 heavy (non-hydrogen) atoms. The summed E-state index contributed by atoms with van der Waals surface area (Å²) in [6.07, 6.45) is 8.19. The number of hydrogen-bond donors (Lipinski definition) is 0. The molecule has 0 N–H and O–H groups in total. The van der Waals surface area contributed by atoms with Gasteiger partial charge in [-0.2, -0.15) is 0 Å². The van der Waals surface area contributed by atoms with Crippen molar-refractivity contribution in [3.63, 3.8) is 0 Å². The van der Waals surface area contributed by atoms with Gasteiger partial charge in [0.05, 0.1) is 7.11 Å². The quantitative estimate of drug-likeness (QED) is 0.609. The molecule has 2 fully saturated rings. The fourth-order valence-electron chi connectivity index (χ4n) is 7.42. The summed E-state index contributed by atoms with van der Waals surface area (Å²) in [5, 5.41) is 0. The Morgan fingerprint density at radius 1 is 1.00 bits per heavy atom. The molecule has 0 spiro atoms. The molecule has 2 saturated carbocycles. The van der Waals surface area contributed by atoms with Crippen LogP contribution in [0.3, 0.4) is 0 Å². The first-order valence-corrected chi connectivity index (χ1v) is 9.90. The maximum absolute atomic E-state index is 5.86. The average Bonchev–Trinajstić information content (AvgIpc) is 2.79. The van der Waals surface area contributed by atoms with Gasteiger partial charge in [0, 0.05) is 11.0 Å². The molecule has 0 aromatic heterocycles. The van der Waals surface area contributed by atoms with E-state index < -0.39 is 0 Å². The van der Waals surface area contributed by atoms with Crippen molar-refractivity contribution in [2.24, 2.45) is 22.7 Å². The molecule has 1 nitrogen and oxygen atoms in total. The van der Waals surface area contributed by atoms with Crippen LogP contribution in [0, 0.1) is 29.6 Å². The van der Waals surface area contributed by atoms with Gasteiger partial charge in [-0.05, 0) is 78.9 Å². The maximum Gasteiger partial charge on any atom is 0.123 e. The van der Waals surface area contributed by atoms with E-state index in [2.05, 4.69) is 46.8 Å². The monoisotopic (exact) mass is 326 g/mol. The van der Waals surface area contributed by atoms with Crippen molar-refractivity contribution < 1.29 is 4.74 Å². The summed E-state index contributed by atoms with van der Waals surface area (Å²) in [5.74, 6) is 2.79. The topological polar surface area (TPSA) is 9.23 Å². The van der Waals surface area contributed by atoms with Gasteiger partial charge in [0.1, 0.15) is 5.75 Å².